The molecule has 0 aliphatic heterocycles. The Balaban J connectivity index is 1.86. The number of fused-ring (bicyclic) bond motifs is 2. The van der Waals surface area contributed by atoms with E-state index < -0.39 is 0 Å². The maximum absolute atomic E-state index is 9.13. The summed E-state index contributed by atoms with van der Waals surface area (Å²) < 4.78 is 5.28. The van der Waals surface area contributed by atoms with Gasteiger partial charge in [-0.05, 0) is 37.2 Å². The summed E-state index contributed by atoms with van der Waals surface area (Å²) >= 11 is 6.15. The second-order valence-electron chi connectivity index (χ2n) is 6.44. The van der Waals surface area contributed by atoms with Crippen LogP contribution < -0.4 is 10.1 Å². The first-order chi connectivity index (χ1) is 13.7. The minimum absolute atomic E-state index is 0.0809. The zero-order chi connectivity index (χ0) is 19.9. The average molecular weight is 405 g/mol. The molecule has 8 heteroatoms. The van der Waals surface area contributed by atoms with E-state index in [2.05, 4.69) is 15.3 Å². The van der Waals surface area contributed by atoms with Gasteiger partial charge in [0.25, 0.3) is 0 Å². The highest BCUT2D eigenvalue weighted by atomic mass is 35.5. The van der Waals surface area contributed by atoms with Gasteiger partial charge in [-0.15, -0.1) is 0 Å². The highest BCUT2D eigenvalue weighted by molar-refractivity contribution is 6.31. The van der Waals surface area contributed by atoms with Crippen molar-refractivity contribution < 1.29 is 14.9 Å². The van der Waals surface area contributed by atoms with Gasteiger partial charge in [0.05, 0.1) is 37.0 Å². The predicted octanol–water partition coefficient (Wildman–Crippen LogP) is 2.53. The highest BCUT2D eigenvalue weighted by Crippen LogP contribution is 2.32. The summed E-state index contributed by atoms with van der Waals surface area (Å²) in [4.78, 5) is 11.3. The molecule has 3 N–H and O–H groups in total. The molecular weight excluding hydrogens is 380 g/mol. The Hall–Kier alpha value is -2.19. The van der Waals surface area contributed by atoms with Gasteiger partial charge >= 0.3 is 0 Å². The third-order valence-electron chi connectivity index (χ3n) is 4.55. The van der Waals surface area contributed by atoms with E-state index in [1.165, 1.54) is 0 Å². The van der Waals surface area contributed by atoms with Crippen LogP contribution in [0.1, 0.15) is 6.42 Å². The lowest BCUT2D eigenvalue weighted by atomic mass is 10.1. The van der Waals surface area contributed by atoms with Gasteiger partial charge < -0.3 is 20.3 Å². The highest BCUT2D eigenvalue weighted by Gasteiger charge is 2.12. The fourth-order valence-electron chi connectivity index (χ4n) is 3.20. The lowest BCUT2D eigenvalue weighted by Gasteiger charge is -2.20. The fourth-order valence-corrected chi connectivity index (χ4v) is 3.37. The van der Waals surface area contributed by atoms with Crippen LogP contribution in [0, 0.1) is 0 Å². The van der Waals surface area contributed by atoms with Crippen molar-refractivity contribution in [1.82, 2.24) is 14.9 Å². The number of aliphatic hydroxyl groups is 2. The number of aromatic nitrogens is 2. The summed E-state index contributed by atoms with van der Waals surface area (Å²) in [5.41, 5.74) is 3.21. The van der Waals surface area contributed by atoms with E-state index in [0.29, 0.717) is 30.5 Å². The van der Waals surface area contributed by atoms with Crippen LogP contribution in [0.3, 0.4) is 0 Å². The van der Waals surface area contributed by atoms with Crippen LogP contribution in [0.25, 0.3) is 21.9 Å². The topological polar surface area (TPSA) is 90.7 Å². The number of hydrogen-bond donors (Lipinski definition) is 3. The molecule has 0 aliphatic carbocycles. The van der Waals surface area contributed by atoms with E-state index in [9.17, 15) is 0 Å². The Kier molecular flexibility index (Phi) is 7.22. The molecule has 0 saturated carbocycles. The summed E-state index contributed by atoms with van der Waals surface area (Å²) in [6, 6.07) is 9.30. The summed E-state index contributed by atoms with van der Waals surface area (Å²) in [6.07, 6.45) is 0.850. The van der Waals surface area contributed by atoms with Crippen LogP contribution >= 0.6 is 11.6 Å². The van der Waals surface area contributed by atoms with E-state index in [4.69, 9.17) is 26.6 Å². The van der Waals surface area contributed by atoms with Gasteiger partial charge in [0.2, 0.25) is 5.88 Å². The third kappa shape index (κ3) is 4.80. The third-order valence-corrected chi connectivity index (χ3v) is 4.78. The molecule has 0 aliphatic rings. The summed E-state index contributed by atoms with van der Waals surface area (Å²) in [5, 5.41) is 23.3. The van der Waals surface area contributed by atoms with E-state index in [-0.39, 0.29) is 13.2 Å². The zero-order valence-electron chi connectivity index (χ0n) is 15.9. The van der Waals surface area contributed by atoms with Crippen molar-refractivity contribution in [3.8, 4) is 5.88 Å². The number of ether oxygens (including phenoxy) is 1. The van der Waals surface area contributed by atoms with E-state index in [1.807, 2.05) is 29.2 Å². The molecule has 1 aromatic carbocycles. The zero-order valence-corrected chi connectivity index (χ0v) is 16.6. The van der Waals surface area contributed by atoms with Gasteiger partial charge in [0, 0.05) is 36.1 Å². The largest absolute Gasteiger partial charge is 0.481 e. The number of benzene rings is 1. The lowest BCUT2D eigenvalue weighted by Crippen LogP contribution is -2.31. The molecule has 3 rings (SSSR count). The van der Waals surface area contributed by atoms with Gasteiger partial charge in [-0.25, -0.2) is 9.97 Å². The molecule has 3 aromatic rings. The number of nitrogens with one attached hydrogen (secondary N) is 1. The summed E-state index contributed by atoms with van der Waals surface area (Å²) in [5.74, 6) is 0.530. The van der Waals surface area contributed by atoms with Gasteiger partial charge in [-0.1, -0.05) is 11.6 Å². The molecule has 0 saturated heterocycles. The number of nitrogens with zero attached hydrogens (tertiary/aromatic N) is 3. The van der Waals surface area contributed by atoms with Crippen molar-refractivity contribution in [2.75, 3.05) is 51.8 Å². The number of pyridine rings is 2. The second-order valence-corrected chi connectivity index (χ2v) is 6.88. The Labute approximate surface area is 168 Å². The molecule has 150 valence electrons. The molecule has 0 unspecified atom stereocenters. The SMILES string of the molecule is COc1ccc2nc3cc(Cl)ccc3c(NCCCN(CCO)CCO)c2n1. The maximum atomic E-state index is 9.13. The first-order valence-electron chi connectivity index (χ1n) is 9.28. The van der Waals surface area contributed by atoms with Crippen molar-refractivity contribution >= 4 is 39.2 Å². The van der Waals surface area contributed by atoms with Crippen molar-refractivity contribution in [2.24, 2.45) is 0 Å². The Morgan fingerprint density at radius 1 is 1.04 bits per heavy atom. The fraction of sp³-hybridized carbons (Fsp3) is 0.400. The number of halogens is 1. The molecule has 0 bridgehead atoms. The second kappa shape index (κ2) is 9.84. The minimum Gasteiger partial charge on any atom is -0.481 e. The minimum atomic E-state index is 0.0809. The first-order valence-corrected chi connectivity index (χ1v) is 9.66. The molecular formula is C20H25ClN4O3. The van der Waals surface area contributed by atoms with Crippen molar-refractivity contribution in [2.45, 2.75) is 6.42 Å². The molecule has 0 atom stereocenters. The average Bonchev–Trinajstić information content (AvgIpc) is 2.70. The van der Waals surface area contributed by atoms with Gasteiger partial charge in [0.15, 0.2) is 0 Å². The Bertz CT molecular complexity index is 932. The number of methoxy groups -OCH3 is 1. The number of anilines is 1. The number of hydrogen-bond acceptors (Lipinski definition) is 7. The molecule has 2 aromatic heterocycles. The maximum Gasteiger partial charge on any atom is 0.213 e. The Morgan fingerprint density at radius 3 is 2.54 bits per heavy atom. The molecule has 0 spiro atoms. The molecule has 0 fully saturated rings. The molecule has 2 heterocycles. The predicted molar refractivity (Wildman–Crippen MR) is 112 cm³/mol. The standard InChI is InChI=1S/C20H25ClN4O3/c1-28-18-6-5-16-20(24-18)19(15-4-3-14(21)13-17(15)23-16)22-7-2-8-25(9-11-26)10-12-27/h3-6,13,26-27H,2,7-12H2,1H3,(H,22,23). The normalized spacial score (nSPS) is 11.5. The van der Waals surface area contributed by atoms with Crippen LogP contribution in [0.15, 0.2) is 30.3 Å². The molecule has 28 heavy (non-hydrogen) atoms. The van der Waals surface area contributed by atoms with Crippen molar-refractivity contribution in [3.05, 3.63) is 35.4 Å². The monoisotopic (exact) mass is 404 g/mol. The van der Waals surface area contributed by atoms with Gasteiger partial charge in [-0.2, -0.15) is 0 Å². The quantitative estimate of drug-likeness (QED) is 0.353. The smallest absolute Gasteiger partial charge is 0.213 e. The van der Waals surface area contributed by atoms with Crippen LogP contribution in [0.5, 0.6) is 5.88 Å². The molecule has 0 radical (unpaired) electrons. The number of rotatable bonds is 10. The van der Waals surface area contributed by atoms with E-state index in [1.54, 1.807) is 13.2 Å². The molecule has 0 amide bonds. The van der Waals surface area contributed by atoms with Crippen LogP contribution in [0.2, 0.25) is 5.02 Å². The Morgan fingerprint density at radius 2 is 1.82 bits per heavy atom. The van der Waals surface area contributed by atoms with Gasteiger partial charge in [0.1, 0.15) is 5.52 Å². The van der Waals surface area contributed by atoms with Crippen molar-refractivity contribution in [3.63, 3.8) is 0 Å². The first kappa shape index (κ1) is 20.5. The van der Waals surface area contributed by atoms with Crippen LogP contribution in [0.4, 0.5) is 5.69 Å². The lowest BCUT2D eigenvalue weighted by molar-refractivity contribution is 0.161. The van der Waals surface area contributed by atoms with Crippen LogP contribution in [-0.2, 0) is 0 Å². The summed E-state index contributed by atoms with van der Waals surface area (Å²) in [6.45, 7) is 2.76. The van der Waals surface area contributed by atoms with Crippen molar-refractivity contribution in [1.29, 1.82) is 0 Å². The van der Waals surface area contributed by atoms with E-state index >= 15 is 0 Å². The molecule has 7 nitrogen and oxygen atoms in total. The summed E-state index contributed by atoms with van der Waals surface area (Å²) in [7, 11) is 1.59. The van der Waals surface area contributed by atoms with Crippen LogP contribution in [-0.4, -0.2) is 71.6 Å². The number of aliphatic hydroxyl groups excluding tert-OH is 2. The van der Waals surface area contributed by atoms with Gasteiger partial charge in [-0.3, -0.25) is 4.90 Å². The van der Waals surface area contributed by atoms with E-state index in [0.717, 1.165) is 40.6 Å².